The van der Waals surface area contributed by atoms with Crippen LogP contribution in [0.15, 0.2) is 44.0 Å². The van der Waals surface area contributed by atoms with E-state index in [9.17, 15) is 0 Å². The van der Waals surface area contributed by atoms with E-state index in [1.807, 2.05) is 45.3 Å². The molecule has 0 nitrogen and oxygen atoms in total. The van der Waals surface area contributed by atoms with Crippen molar-refractivity contribution in [1.82, 2.24) is 0 Å². The van der Waals surface area contributed by atoms with Crippen molar-refractivity contribution in [3.05, 3.63) is 53.7 Å². The molecule has 0 atom stereocenters. The van der Waals surface area contributed by atoms with E-state index in [-0.39, 0.29) is 0 Å². The maximum Gasteiger partial charge on any atom is 0.0711 e. The summed E-state index contributed by atoms with van der Waals surface area (Å²) >= 11 is 18.5. The first-order chi connectivity index (χ1) is 13.0. The van der Waals surface area contributed by atoms with Gasteiger partial charge in [0.05, 0.1) is 7.57 Å². The maximum atomic E-state index is 3.75. The van der Waals surface area contributed by atoms with Gasteiger partial charge in [0.15, 0.2) is 0 Å². The predicted octanol–water partition coefficient (Wildman–Crippen LogP) is 10.3. The van der Waals surface area contributed by atoms with Crippen LogP contribution in [0.5, 0.6) is 0 Å². The summed E-state index contributed by atoms with van der Waals surface area (Å²) in [4.78, 5) is 5.39. The fourth-order valence-electron chi connectivity index (χ4n) is 3.35. The summed E-state index contributed by atoms with van der Waals surface area (Å²) in [6, 6.07) is 13.6. The molecule has 0 aliphatic heterocycles. The Hall–Kier alpha value is -0.0200. The Balaban J connectivity index is 1.96. The second-order valence-corrected chi connectivity index (χ2v) is 14.0. The average Bonchev–Trinajstić information content (AvgIpc) is 3.39. The van der Waals surface area contributed by atoms with Crippen molar-refractivity contribution in [2.45, 2.75) is 12.3 Å². The summed E-state index contributed by atoms with van der Waals surface area (Å²) < 4.78 is 5.10. The SMILES string of the molecule is Cc1ccc(-c2c3cc(Br)sc3c(-c3ccc(CBr)s3)c3cc(Br)sc23)s1. The third-order valence-electron chi connectivity index (χ3n) is 4.42. The van der Waals surface area contributed by atoms with Crippen molar-refractivity contribution in [1.29, 1.82) is 0 Å². The van der Waals surface area contributed by atoms with Gasteiger partial charge < -0.3 is 0 Å². The van der Waals surface area contributed by atoms with Crippen molar-refractivity contribution >= 4 is 113 Å². The van der Waals surface area contributed by atoms with E-state index in [0.717, 1.165) is 5.33 Å². The number of rotatable bonds is 3. The molecule has 136 valence electrons. The Morgan fingerprint density at radius 2 is 1.30 bits per heavy atom. The highest BCUT2D eigenvalue weighted by Crippen LogP contribution is 2.52. The molecule has 4 heterocycles. The van der Waals surface area contributed by atoms with Gasteiger partial charge in [0, 0.05) is 56.1 Å². The lowest BCUT2D eigenvalue weighted by molar-refractivity contribution is 1.59. The molecule has 1 aromatic carbocycles. The molecule has 0 spiro atoms. The van der Waals surface area contributed by atoms with Crippen LogP contribution < -0.4 is 0 Å². The van der Waals surface area contributed by atoms with Gasteiger partial charge in [-0.2, -0.15) is 0 Å². The van der Waals surface area contributed by atoms with Gasteiger partial charge in [0.2, 0.25) is 0 Å². The molecular weight excluding hydrogens is 608 g/mol. The van der Waals surface area contributed by atoms with Gasteiger partial charge in [-0.15, -0.1) is 45.3 Å². The zero-order valence-corrected chi connectivity index (χ0v) is 22.0. The molecule has 0 saturated heterocycles. The van der Waals surface area contributed by atoms with Gasteiger partial charge in [-0.25, -0.2) is 0 Å². The first-order valence-corrected chi connectivity index (χ1v) is 14.1. The van der Waals surface area contributed by atoms with Gasteiger partial charge in [0.1, 0.15) is 0 Å². The molecule has 0 unspecified atom stereocenters. The minimum absolute atomic E-state index is 0.901. The Labute approximate surface area is 198 Å². The standard InChI is InChI=1S/C20H11Br3S4/c1-9-2-4-13(24-9)17-11-6-15(22)27-20(11)18(12-7-16(23)26-19(12)17)14-5-3-10(8-21)25-14/h2-7H,8H2,1H3. The Kier molecular flexibility index (Phi) is 5.16. The quantitative estimate of drug-likeness (QED) is 0.176. The highest BCUT2D eigenvalue weighted by Gasteiger charge is 2.22. The largest absolute Gasteiger partial charge is 0.141 e. The third-order valence-corrected chi connectivity index (χ3v) is 10.8. The Morgan fingerprint density at radius 1 is 0.741 bits per heavy atom. The highest BCUT2D eigenvalue weighted by molar-refractivity contribution is 9.11. The van der Waals surface area contributed by atoms with Crippen molar-refractivity contribution < 1.29 is 0 Å². The van der Waals surface area contributed by atoms with E-state index in [1.54, 1.807) is 0 Å². The average molecular weight is 619 g/mol. The van der Waals surface area contributed by atoms with Crippen LogP contribution in [0.1, 0.15) is 9.75 Å². The van der Waals surface area contributed by atoms with E-state index in [2.05, 4.69) is 91.1 Å². The van der Waals surface area contributed by atoms with Crippen LogP contribution in [0.3, 0.4) is 0 Å². The van der Waals surface area contributed by atoms with Gasteiger partial charge in [-0.3, -0.25) is 0 Å². The first kappa shape index (κ1) is 19.0. The minimum atomic E-state index is 0.901. The zero-order chi connectivity index (χ0) is 18.7. The fraction of sp³-hybridized carbons (Fsp3) is 0.100. The first-order valence-electron chi connectivity index (χ1n) is 8.11. The summed E-state index contributed by atoms with van der Waals surface area (Å²) in [7, 11) is 0. The lowest BCUT2D eigenvalue weighted by Crippen LogP contribution is -1.81. The summed E-state index contributed by atoms with van der Waals surface area (Å²) in [5.41, 5.74) is 2.74. The zero-order valence-electron chi connectivity index (χ0n) is 13.9. The molecule has 0 N–H and O–H groups in total. The van der Waals surface area contributed by atoms with Gasteiger partial charge >= 0.3 is 0 Å². The second kappa shape index (κ2) is 7.35. The molecule has 0 amide bonds. The van der Waals surface area contributed by atoms with Crippen LogP contribution in [0.25, 0.3) is 41.1 Å². The summed E-state index contributed by atoms with van der Waals surface area (Å²) in [5, 5.41) is 3.59. The Morgan fingerprint density at radius 3 is 1.78 bits per heavy atom. The number of hydrogen-bond donors (Lipinski definition) is 0. The van der Waals surface area contributed by atoms with Crippen molar-refractivity contribution in [2.75, 3.05) is 0 Å². The maximum absolute atomic E-state index is 3.75. The molecular formula is C20H11Br3S4. The van der Waals surface area contributed by atoms with Crippen LogP contribution in [-0.4, -0.2) is 0 Å². The van der Waals surface area contributed by atoms with Crippen molar-refractivity contribution in [2.24, 2.45) is 0 Å². The molecule has 0 aliphatic rings. The number of halogens is 3. The van der Waals surface area contributed by atoms with E-state index < -0.39 is 0 Å². The number of hydrogen-bond acceptors (Lipinski definition) is 4. The number of thiophene rings is 4. The molecule has 4 aromatic heterocycles. The van der Waals surface area contributed by atoms with Crippen LogP contribution in [0.4, 0.5) is 0 Å². The number of benzene rings is 1. The molecule has 5 rings (SSSR count). The summed E-state index contributed by atoms with van der Waals surface area (Å²) in [6.07, 6.45) is 0. The molecule has 27 heavy (non-hydrogen) atoms. The summed E-state index contributed by atoms with van der Waals surface area (Å²) in [6.45, 7) is 2.18. The van der Waals surface area contributed by atoms with Gasteiger partial charge in [-0.05, 0) is 75.2 Å². The highest BCUT2D eigenvalue weighted by atomic mass is 79.9. The third kappa shape index (κ3) is 3.23. The van der Waals surface area contributed by atoms with Crippen molar-refractivity contribution in [3.63, 3.8) is 0 Å². The molecule has 5 aromatic rings. The van der Waals surface area contributed by atoms with Crippen LogP contribution in [0.2, 0.25) is 0 Å². The minimum Gasteiger partial charge on any atom is -0.141 e. The Bertz CT molecular complexity index is 1240. The van der Waals surface area contributed by atoms with Gasteiger partial charge in [-0.1, -0.05) is 15.9 Å². The normalized spacial score (nSPS) is 11.9. The molecule has 0 aliphatic carbocycles. The molecule has 0 fully saturated rings. The van der Waals surface area contributed by atoms with Crippen LogP contribution in [0, 0.1) is 6.92 Å². The number of alkyl halides is 1. The lowest BCUT2D eigenvalue weighted by atomic mass is 10.0. The second-order valence-electron chi connectivity index (χ2n) is 6.15. The molecule has 7 heteroatoms. The number of aryl methyl sites for hydroxylation is 1. The number of fused-ring (bicyclic) bond motifs is 2. The lowest BCUT2D eigenvalue weighted by Gasteiger charge is -2.09. The van der Waals surface area contributed by atoms with E-state index >= 15 is 0 Å². The smallest absolute Gasteiger partial charge is 0.0711 e. The molecule has 0 saturated carbocycles. The fourth-order valence-corrected chi connectivity index (χ4v) is 9.23. The van der Waals surface area contributed by atoms with E-state index in [0.29, 0.717) is 0 Å². The molecule has 0 radical (unpaired) electrons. The monoisotopic (exact) mass is 616 g/mol. The van der Waals surface area contributed by atoms with E-state index in [1.165, 1.54) is 58.4 Å². The summed E-state index contributed by atoms with van der Waals surface area (Å²) in [5.74, 6) is 0. The van der Waals surface area contributed by atoms with E-state index in [4.69, 9.17) is 0 Å². The van der Waals surface area contributed by atoms with Crippen LogP contribution in [-0.2, 0) is 5.33 Å². The van der Waals surface area contributed by atoms with Crippen LogP contribution >= 0.6 is 93.1 Å². The molecule has 0 bridgehead atoms. The topological polar surface area (TPSA) is 0 Å². The van der Waals surface area contributed by atoms with Gasteiger partial charge in [0.25, 0.3) is 0 Å². The predicted molar refractivity (Wildman–Crippen MR) is 137 cm³/mol. The van der Waals surface area contributed by atoms with Crippen molar-refractivity contribution in [3.8, 4) is 20.9 Å².